The van der Waals surface area contributed by atoms with Gasteiger partial charge in [0.2, 0.25) is 0 Å². The molecule has 0 atom stereocenters. The molecule has 41 heavy (non-hydrogen) atoms. The van der Waals surface area contributed by atoms with Gasteiger partial charge >= 0.3 is 12.1 Å². The monoisotopic (exact) mass is 699 g/mol. The Morgan fingerprint density at radius 3 is 2.29 bits per heavy atom. The smallest absolute Gasteiger partial charge is 0.350 e. The number of carbonyl (C=O) groups is 3. The summed E-state index contributed by atoms with van der Waals surface area (Å²) < 4.78 is 82.5. The number of amides is 2. The van der Waals surface area contributed by atoms with E-state index in [0.29, 0.717) is 40.9 Å². The first kappa shape index (κ1) is 30.8. The van der Waals surface area contributed by atoms with E-state index in [0.717, 1.165) is 17.0 Å². The molecule has 16 heteroatoms. The highest BCUT2D eigenvalue weighted by Crippen LogP contribution is 2.31. The van der Waals surface area contributed by atoms with Gasteiger partial charge in [0.1, 0.15) is 11.9 Å². The van der Waals surface area contributed by atoms with Crippen LogP contribution in [-0.2, 0) is 14.4 Å². The number of nitrogens with zero attached hydrogens (tertiary/aromatic N) is 4. The van der Waals surface area contributed by atoms with E-state index in [9.17, 15) is 40.7 Å². The number of piperazine rings is 1. The summed E-state index contributed by atoms with van der Waals surface area (Å²) in [6.07, 6.45) is -5.37. The van der Waals surface area contributed by atoms with Crippen LogP contribution in [0.2, 0.25) is 0 Å². The highest BCUT2D eigenvalue weighted by atomic mass is 127. The highest BCUT2D eigenvalue weighted by Gasteiger charge is 2.47. The molecule has 1 N–H and O–H groups in total. The van der Waals surface area contributed by atoms with Crippen molar-refractivity contribution in [3.8, 4) is 0 Å². The van der Waals surface area contributed by atoms with Gasteiger partial charge in [0.25, 0.3) is 11.8 Å². The molecule has 222 valence electrons. The maximum absolute atomic E-state index is 14.8. The molecule has 4 rings (SSSR count). The van der Waals surface area contributed by atoms with Crippen molar-refractivity contribution in [2.75, 3.05) is 58.2 Å². The van der Waals surface area contributed by atoms with Gasteiger partial charge in [-0.05, 0) is 60.0 Å². The predicted molar refractivity (Wildman–Crippen MR) is 141 cm³/mol. The van der Waals surface area contributed by atoms with Crippen LogP contribution < -0.4 is 5.32 Å². The van der Waals surface area contributed by atoms with E-state index < -0.39 is 53.1 Å². The number of halogens is 7. The lowest BCUT2D eigenvalue weighted by molar-refractivity contribution is -0.249. The molecular weight excluding hydrogens is 675 g/mol. The Kier molecular flexibility index (Phi) is 9.32. The van der Waals surface area contributed by atoms with Crippen LogP contribution in [0.15, 0.2) is 30.3 Å². The molecule has 0 aromatic heterocycles. The Morgan fingerprint density at radius 2 is 1.68 bits per heavy atom. The number of likely N-dealkylation sites (N-methyl/N-ethyl adjacent to an activating group) is 1. The summed E-state index contributed by atoms with van der Waals surface area (Å²) in [5.41, 5.74) is -1.27. The molecule has 0 aliphatic carbocycles. The number of hydrogen-bond acceptors (Lipinski definition) is 7. The van der Waals surface area contributed by atoms with Gasteiger partial charge in [-0.15, -0.1) is 0 Å². The first-order valence-corrected chi connectivity index (χ1v) is 13.3. The third-order valence-corrected chi connectivity index (χ3v) is 7.28. The first-order chi connectivity index (χ1) is 19.2. The van der Waals surface area contributed by atoms with Crippen LogP contribution >= 0.6 is 22.6 Å². The third kappa shape index (κ3) is 7.21. The van der Waals surface area contributed by atoms with Gasteiger partial charge in [0, 0.05) is 42.8 Å². The molecule has 2 aliphatic heterocycles. The van der Waals surface area contributed by atoms with Crippen molar-refractivity contribution in [3.63, 3.8) is 0 Å². The Labute approximate surface area is 244 Å². The van der Waals surface area contributed by atoms with E-state index >= 15 is 0 Å². The molecule has 0 bridgehead atoms. The average molecular weight is 699 g/mol. The normalized spacial score (nSPS) is 16.7. The van der Waals surface area contributed by atoms with Crippen molar-refractivity contribution < 1.29 is 45.6 Å². The van der Waals surface area contributed by atoms with E-state index in [4.69, 9.17) is 0 Å². The first-order valence-electron chi connectivity index (χ1n) is 12.3. The van der Waals surface area contributed by atoms with Gasteiger partial charge in [0.05, 0.1) is 23.5 Å². The molecule has 2 aromatic carbocycles. The molecule has 2 fully saturated rings. The maximum atomic E-state index is 14.8. The number of hydroxylamine groups is 2. The average Bonchev–Trinajstić information content (AvgIpc) is 2.87. The molecule has 2 heterocycles. The standard InChI is InChI=1S/C25H24F6IN5O4/c1-34-6-8-35(9-7-34)13-20(38)37(41-24(40)25(29,30)31)15-11-36(12-15)23(39)16-3-4-17(26)21(28)22(16)33-19-5-2-14(32)10-18(19)27/h2-5,10,15,33H,6-9,11-13H2,1H3. The second-order valence-electron chi connectivity index (χ2n) is 9.57. The summed E-state index contributed by atoms with van der Waals surface area (Å²) in [6, 6.07) is 4.46. The van der Waals surface area contributed by atoms with Crippen molar-refractivity contribution >= 4 is 51.7 Å². The second-order valence-corrected chi connectivity index (χ2v) is 10.8. The fourth-order valence-corrected chi connectivity index (χ4v) is 4.71. The fourth-order valence-electron chi connectivity index (χ4n) is 4.25. The molecule has 0 spiro atoms. The number of likely N-dealkylation sites (tertiary alicyclic amines) is 1. The van der Waals surface area contributed by atoms with Crippen LogP contribution in [-0.4, -0.2) is 103 Å². The summed E-state index contributed by atoms with van der Waals surface area (Å²) in [4.78, 5) is 46.9. The van der Waals surface area contributed by atoms with Crippen LogP contribution in [0.4, 0.5) is 37.7 Å². The zero-order valence-corrected chi connectivity index (χ0v) is 23.6. The lowest BCUT2D eigenvalue weighted by Gasteiger charge is -2.44. The van der Waals surface area contributed by atoms with Crippen LogP contribution in [0.3, 0.4) is 0 Å². The number of anilines is 2. The maximum Gasteiger partial charge on any atom is 0.493 e. The molecular formula is C25H24F6IN5O4. The molecule has 2 aromatic rings. The van der Waals surface area contributed by atoms with E-state index in [-0.39, 0.29) is 30.9 Å². The molecule has 2 amide bonds. The Hall–Kier alpha value is -3.12. The minimum atomic E-state index is -5.37. The number of alkyl halides is 3. The zero-order valence-electron chi connectivity index (χ0n) is 21.5. The summed E-state index contributed by atoms with van der Waals surface area (Å²) in [5, 5.41) is 2.72. The lowest BCUT2D eigenvalue weighted by Crippen LogP contribution is -2.64. The Bertz CT molecular complexity index is 1330. The molecule has 9 nitrogen and oxygen atoms in total. The van der Waals surface area contributed by atoms with Crippen molar-refractivity contribution in [2.45, 2.75) is 12.2 Å². The van der Waals surface area contributed by atoms with E-state index in [1.807, 2.05) is 34.5 Å². The van der Waals surface area contributed by atoms with Gasteiger partial charge in [-0.1, -0.05) is 0 Å². The molecule has 2 aliphatic rings. The zero-order chi connectivity index (χ0) is 30.1. The van der Waals surface area contributed by atoms with E-state index in [1.165, 1.54) is 12.1 Å². The minimum absolute atomic E-state index is 0.231. The van der Waals surface area contributed by atoms with Crippen LogP contribution in [0.1, 0.15) is 10.4 Å². The van der Waals surface area contributed by atoms with Gasteiger partial charge in [0.15, 0.2) is 11.6 Å². The van der Waals surface area contributed by atoms with Crippen molar-refractivity contribution in [1.29, 1.82) is 0 Å². The summed E-state index contributed by atoms with van der Waals surface area (Å²) in [7, 11) is 1.88. The van der Waals surface area contributed by atoms with Crippen LogP contribution in [0.5, 0.6) is 0 Å². The van der Waals surface area contributed by atoms with E-state index in [2.05, 4.69) is 10.2 Å². The second kappa shape index (κ2) is 12.4. The molecule has 0 saturated carbocycles. The fraction of sp³-hybridized carbons (Fsp3) is 0.400. The Balaban J connectivity index is 1.50. The minimum Gasteiger partial charge on any atom is -0.350 e. The van der Waals surface area contributed by atoms with Crippen molar-refractivity contribution in [1.82, 2.24) is 19.8 Å². The van der Waals surface area contributed by atoms with Crippen molar-refractivity contribution in [2.24, 2.45) is 0 Å². The summed E-state index contributed by atoms with van der Waals surface area (Å²) in [5.74, 6) is -7.93. The predicted octanol–water partition coefficient (Wildman–Crippen LogP) is 3.37. The largest absolute Gasteiger partial charge is 0.493 e. The number of rotatable bonds is 6. The van der Waals surface area contributed by atoms with E-state index in [1.54, 1.807) is 4.90 Å². The number of hydrogen-bond donors (Lipinski definition) is 1. The van der Waals surface area contributed by atoms with Gasteiger partial charge in [-0.2, -0.15) is 18.2 Å². The lowest BCUT2D eigenvalue weighted by atomic mass is 10.0. The summed E-state index contributed by atoms with van der Waals surface area (Å²) in [6.45, 7) is 1.12. The summed E-state index contributed by atoms with van der Waals surface area (Å²) >= 11 is 1.85. The van der Waals surface area contributed by atoms with Crippen molar-refractivity contribution in [3.05, 3.63) is 56.9 Å². The SMILES string of the molecule is CN1CCN(CC(=O)N(OC(=O)C(F)(F)F)C2CN(C(=O)c3ccc(F)c(F)c3Nc3ccc(I)cc3F)C2)CC1. The number of benzene rings is 2. The van der Waals surface area contributed by atoms with Gasteiger partial charge in [-0.25, -0.2) is 18.0 Å². The highest BCUT2D eigenvalue weighted by molar-refractivity contribution is 14.1. The number of nitrogens with one attached hydrogen (secondary N) is 1. The number of carbonyl (C=O) groups excluding carboxylic acids is 3. The molecule has 0 radical (unpaired) electrons. The van der Waals surface area contributed by atoms with Gasteiger partial charge < -0.3 is 20.0 Å². The molecule has 0 unspecified atom stereocenters. The van der Waals surface area contributed by atoms with Crippen LogP contribution in [0, 0.1) is 21.0 Å². The van der Waals surface area contributed by atoms with Gasteiger partial charge in [-0.3, -0.25) is 14.5 Å². The third-order valence-electron chi connectivity index (χ3n) is 6.61. The van der Waals surface area contributed by atoms with Crippen LogP contribution in [0.25, 0.3) is 0 Å². The quantitative estimate of drug-likeness (QED) is 0.282. The topological polar surface area (TPSA) is 85.4 Å². The Morgan fingerprint density at radius 1 is 1.02 bits per heavy atom. The molecule has 2 saturated heterocycles.